The number of hydrogen-bond donors (Lipinski definition) is 2. The van der Waals surface area contributed by atoms with E-state index in [1.165, 1.54) is 6.07 Å². The van der Waals surface area contributed by atoms with Crippen LogP contribution in [0.4, 0.5) is 13.2 Å². The molecule has 1 fully saturated rings. The van der Waals surface area contributed by atoms with Gasteiger partial charge in [-0.3, -0.25) is 9.69 Å². The quantitative estimate of drug-likeness (QED) is 0.782. The van der Waals surface area contributed by atoms with E-state index in [9.17, 15) is 18.0 Å². The standard InChI is InChI=1S/C22H24F3N3O2/c23-22(24,25)20(27-21(29)15-5-6-16-12-26-13-18(16)11-15)19-4-2-1-3-17(19)14-28-7-9-30-10-8-28/h1-6,11,20,26H,7-10,12-14H2,(H,27,29)/t20-/m1/s1. The predicted molar refractivity (Wildman–Crippen MR) is 106 cm³/mol. The van der Waals surface area contributed by atoms with E-state index in [-0.39, 0.29) is 11.1 Å². The summed E-state index contributed by atoms with van der Waals surface area (Å²) in [5.74, 6) is -0.729. The van der Waals surface area contributed by atoms with E-state index in [2.05, 4.69) is 15.5 Å². The first-order chi connectivity index (χ1) is 14.4. The maximum atomic E-state index is 14.0. The van der Waals surface area contributed by atoms with E-state index in [0.717, 1.165) is 11.1 Å². The van der Waals surface area contributed by atoms with Gasteiger partial charge in [-0.15, -0.1) is 0 Å². The number of hydrogen-bond acceptors (Lipinski definition) is 4. The third kappa shape index (κ3) is 4.66. The Morgan fingerprint density at radius 2 is 1.83 bits per heavy atom. The van der Waals surface area contributed by atoms with Crippen LogP contribution in [0.1, 0.15) is 38.7 Å². The Hall–Kier alpha value is -2.42. The van der Waals surface area contributed by atoms with Crippen LogP contribution >= 0.6 is 0 Å². The molecule has 160 valence electrons. The van der Waals surface area contributed by atoms with Crippen LogP contribution in [0, 0.1) is 0 Å². The summed E-state index contributed by atoms with van der Waals surface area (Å²) in [5.41, 5.74) is 2.87. The molecule has 2 aliphatic heterocycles. The zero-order chi connectivity index (χ0) is 21.1. The minimum Gasteiger partial charge on any atom is -0.379 e. The molecular weight excluding hydrogens is 395 g/mol. The summed E-state index contributed by atoms with van der Waals surface area (Å²) >= 11 is 0. The van der Waals surface area contributed by atoms with Crippen LogP contribution < -0.4 is 10.6 Å². The predicted octanol–water partition coefficient (Wildman–Crippen LogP) is 3.16. The molecule has 0 bridgehead atoms. The molecular formula is C22H24F3N3O2. The summed E-state index contributed by atoms with van der Waals surface area (Å²) in [4.78, 5) is 14.8. The van der Waals surface area contributed by atoms with Gasteiger partial charge >= 0.3 is 6.18 Å². The number of fused-ring (bicyclic) bond motifs is 1. The minimum absolute atomic E-state index is 0.0765. The molecule has 2 aromatic rings. The number of benzene rings is 2. The zero-order valence-electron chi connectivity index (χ0n) is 16.5. The fourth-order valence-corrected chi connectivity index (χ4v) is 3.95. The molecule has 4 rings (SSSR count). The molecule has 2 heterocycles. The molecule has 2 aliphatic rings. The lowest BCUT2D eigenvalue weighted by Gasteiger charge is -2.29. The Morgan fingerprint density at radius 1 is 1.10 bits per heavy atom. The number of rotatable bonds is 5. The summed E-state index contributed by atoms with van der Waals surface area (Å²) in [6, 6.07) is 9.39. The molecule has 0 spiro atoms. The number of amides is 1. The molecule has 0 unspecified atom stereocenters. The van der Waals surface area contributed by atoms with Crippen LogP contribution in [0.5, 0.6) is 0 Å². The van der Waals surface area contributed by atoms with Crippen LogP contribution in [0.2, 0.25) is 0 Å². The van der Waals surface area contributed by atoms with Crippen LogP contribution in [-0.2, 0) is 24.4 Å². The first-order valence-corrected chi connectivity index (χ1v) is 10.00. The van der Waals surface area contributed by atoms with Crippen LogP contribution in [-0.4, -0.2) is 43.3 Å². The topological polar surface area (TPSA) is 53.6 Å². The van der Waals surface area contributed by atoms with Gasteiger partial charge in [0.05, 0.1) is 13.2 Å². The van der Waals surface area contributed by atoms with Gasteiger partial charge in [0, 0.05) is 38.3 Å². The van der Waals surface area contributed by atoms with E-state index < -0.39 is 18.1 Å². The smallest absolute Gasteiger partial charge is 0.379 e. The molecule has 1 atom stereocenters. The number of morpholine rings is 1. The van der Waals surface area contributed by atoms with E-state index in [0.29, 0.717) is 51.5 Å². The second-order valence-electron chi connectivity index (χ2n) is 7.62. The maximum absolute atomic E-state index is 14.0. The number of ether oxygens (including phenoxy) is 1. The van der Waals surface area contributed by atoms with Crippen molar-refractivity contribution < 1.29 is 22.7 Å². The third-order valence-electron chi connectivity index (χ3n) is 5.57. The monoisotopic (exact) mass is 419 g/mol. The average Bonchev–Trinajstić information content (AvgIpc) is 3.20. The Kier molecular flexibility index (Phi) is 6.08. The number of carbonyl (C=O) groups excluding carboxylic acids is 1. The summed E-state index contributed by atoms with van der Waals surface area (Å²) in [6.07, 6.45) is -4.62. The van der Waals surface area contributed by atoms with Gasteiger partial charge in [0.1, 0.15) is 0 Å². The Labute approximate surface area is 173 Å². The second-order valence-corrected chi connectivity index (χ2v) is 7.62. The van der Waals surface area contributed by atoms with Crippen molar-refractivity contribution in [1.29, 1.82) is 0 Å². The Morgan fingerprint density at radius 3 is 2.60 bits per heavy atom. The highest BCUT2D eigenvalue weighted by atomic mass is 19.4. The molecule has 2 N–H and O–H groups in total. The zero-order valence-corrected chi connectivity index (χ0v) is 16.5. The lowest BCUT2D eigenvalue weighted by atomic mass is 9.98. The van der Waals surface area contributed by atoms with Gasteiger partial charge in [0.15, 0.2) is 6.04 Å². The summed E-state index contributed by atoms with van der Waals surface area (Å²) in [7, 11) is 0. The Balaban J connectivity index is 1.58. The van der Waals surface area contributed by atoms with Crippen LogP contribution in [0.25, 0.3) is 0 Å². The average molecular weight is 419 g/mol. The normalized spacial score (nSPS) is 18.1. The van der Waals surface area contributed by atoms with Crippen LogP contribution in [0.15, 0.2) is 42.5 Å². The van der Waals surface area contributed by atoms with E-state index in [1.54, 1.807) is 36.4 Å². The van der Waals surface area contributed by atoms with Gasteiger partial charge in [-0.1, -0.05) is 30.3 Å². The summed E-state index contributed by atoms with van der Waals surface area (Å²) < 4.78 is 47.3. The molecule has 2 aromatic carbocycles. The van der Waals surface area contributed by atoms with E-state index in [4.69, 9.17) is 4.74 Å². The van der Waals surface area contributed by atoms with Crippen molar-refractivity contribution in [2.45, 2.75) is 31.9 Å². The molecule has 0 saturated carbocycles. The lowest BCUT2D eigenvalue weighted by Crippen LogP contribution is -2.40. The molecule has 1 amide bonds. The molecule has 8 heteroatoms. The van der Waals surface area contributed by atoms with Gasteiger partial charge in [0.2, 0.25) is 0 Å². The number of nitrogens with zero attached hydrogens (tertiary/aromatic N) is 1. The van der Waals surface area contributed by atoms with Crippen molar-refractivity contribution in [3.05, 3.63) is 70.3 Å². The SMILES string of the molecule is O=C(N[C@H](c1ccccc1CN1CCOCC1)C(F)(F)F)c1ccc2c(c1)CNC2. The Bertz CT molecular complexity index is 911. The first kappa shape index (κ1) is 20.8. The highest BCUT2D eigenvalue weighted by Crippen LogP contribution is 2.35. The fraction of sp³-hybridized carbons (Fsp3) is 0.409. The molecule has 30 heavy (non-hydrogen) atoms. The van der Waals surface area contributed by atoms with Crippen molar-refractivity contribution in [3.8, 4) is 0 Å². The van der Waals surface area contributed by atoms with Crippen molar-refractivity contribution in [1.82, 2.24) is 15.5 Å². The highest BCUT2D eigenvalue weighted by molar-refractivity contribution is 5.94. The number of nitrogens with one attached hydrogen (secondary N) is 2. The van der Waals surface area contributed by atoms with Crippen molar-refractivity contribution in [2.75, 3.05) is 26.3 Å². The van der Waals surface area contributed by atoms with E-state index in [1.807, 2.05) is 0 Å². The van der Waals surface area contributed by atoms with E-state index >= 15 is 0 Å². The molecule has 5 nitrogen and oxygen atoms in total. The summed E-state index contributed by atoms with van der Waals surface area (Å²) in [6.45, 7) is 4.16. The van der Waals surface area contributed by atoms with Crippen molar-refractivity contribution >= 4 is 5.91 Å². The highest BCUT2D eigenvalue weighted by Gasteiger charge is 2.43. The van der Waals surface area contributed by atoms with Crippen molar-refractivity contribution in [2.24, 2.45) is 0 Å². The van der Waals surface area contributed by atoms with Gasteiger partial charge in [-0.2, -0.15) is 13.2 Å². The largest absolute Gasteiger partial charge is 0.412 e. The van der Waals surface area contributed by atoms with Gasteiger partial charge in [-0.05, 0) is 34.4 Å². The first-order valence-electron chi connectivity index (χ1n) is 10.00. The third-order valence-corrected chi connectivity index (χ3v) is 5.57. The lowest BCUT2D eigenvalue weighted by molar-refractivity contribution is -0.155. The number of carbonyl (C=O) groups is 1. The van der Waals surface area contributed by atoms with Gasteiger partial charge in [-0.25, -0.2) is 0 Å². The van der Waals surface area contributed by atoms with Gasteiger partial charge in [0.25, 0.3) is 5.91 Å². The molecule has 0 aromatic heterocycles. The minimum atomic E-state index is -4.62. The maximum Gasteiger partial charge on any atom is 0.412 e. The molecule has 0 aliphatic carbocycles. The molecule has 1 saturated heterocycles. The molecule has 0 radical (unpaired) electrons. The second kappa shape index (κ2) is 8.75. The summed E-state index contributed by atoms with van der Waals surface area (Å²) in [5, 5.41) is 5.40. The number of halogens is 3. The van der Waals surface area contributed by atoms with Gasteiger partial charge < -0.3 is 15.4 Å². The number of alkyl halides is 3. The fourth-order valence-electron chi connectivity index (χ4n) is 3.95. The van der Waals surface area contributed by atoms with Crippen LogP contribution in [0.3, 0.4) is 0 Å². The van der Waals surface area contributed by atoms with Crippen molar-refractivity contribution in [3.63, 3.8) is 0 Å².